The Bertz CT molecular complexity index is 820. The smallest absolute Gasteiger partial charge is 0.326 e. The summed E-state index contributed by atoms with van der Waals surface area (Å²) in [4.78, 5) is 46.6. The average Bonchev–Trinajstić information content (AvgIpc) is 2.84. The second kappa shape index (κ2) is 23.2. The van der Waals surface area contributed by atoms with E-state index in [0.717, 1.165) is 32.1 Å². The van der Waals surface area contributed by atoms with E-state index >= 15 is 0 Å². The van der Waals surface area contributed by atoms with Gasteiger partial charge in [0.15, 0.2) is 0 Å². The number of carbonyl (C=O) groups excluding carboxylic acids is 3. The molecule has 0 radical (unpaired) electrons. The first-order valence-corrected chi connectivity index (χ1v) is 13.3. The molecule has 0 rings (SSSR count). The van der Waals surface area contributed by atoms with E-state index in [-0.39, 0.29) is 25.2 Å². The van der Waals surface area contributed by atoms with Crippen LogP contribution in [0.15, 0.2) is 60.8 Å². The van der Waals surface area contributed by atoms with Crippen LogP contribution in [0, 0.1) is 5.92 Å². The van der Waals surface area contributed by atoms with Crippen LogP contribution in [0.4, 0.5) is 0 Å². The lowest BCUT2D eigenvalue weighted by Crippen LogP contribution is -2.41. The number of hydrogen-bond acceptors (Lipinski definition) is 5. The molecule has 206 valence electrons. The van der Waals surface area contributed by atoms with Gasteiger partial charge in [-0.3, -0.25) is 14.4 Å². The van der Waals surface area contributed by atoms with Gasteiger partial charge in [-0.15, -0.1) is 0 Å². The predicted octanol–water partition coefficient (Wildman–Crippen LogP) is 6.37. The first-order valence-electron chi connectivity index (χ1n) is 13.3. The number of ether oxygens (including phenoxy) is 1. The van der Waals surface area contributed by atoms with Crippen molar-refractivity contribution in [3.8, 4) is 0 Å². The van der Waals surface area contributed by atoms with Gasteiger partial charge in [-0.25, -0.2) is 4.79 Å². The molecule has 0 heterocycles. The van der Waals surface area contributed by atoms with Gasteiger partial charge in [0.05, 0.1) is 6.42 Å². The molecule has 0 spiro atoms. The van der Waals surface area contributed by atoms with Gasteiger partial charge in [-0.1, -0.05) is 81.5 Å². The lowest BCUT2D eigenvalue weighted by Gasteiger charge is -2.16. The third-order valence-corrected chi connectivity index (χ3v) is 5.03. The third-order valence-electron chi connectivity index (χ3n) is 5.03. The fourth-order valence-corrected chi connectivity index (χ4v) is 3.14. The van der Waals surface area contributed by atoms with Crippen molar-refractivity contribution in [3.05, 3.63) is 60.8 Å². The Hall–Kier alpha value is -3.22. The molecule has 0 aliphatic heterocycles. The number of amides is 1. The first-order chi connectivity index (χ1) is 17.8. The molecule has 1 atom stereocenters. The van der Waals surface area contributed by atoms with Gasteiger partial charge >= 0.3 is 17.9 Å². The minimum Gasteiger partial charge on any atom is -0.480 e. The molecule has 0 fully saturated rings. The highest BCUT2D eigenvalue weighted by Gasteiger charge is 2.21. The molecule has 0 aromatic heterocycles. The standard InChI is InChI=1S/C30H45NO6/c1-4-5-6-7-8-9-10-11-12-13-14-15-16-17-18-19-20-21-28(33)37-29(34)23-22-27(32)31-26(30(35)36)24-25(2)3/h5-6,8-9,11-12,14-15,17-18,25-26H,4,7,10,13,16,19-24H2,1-3H3,(H,31,32)(H,35,36)/b6-5-,9-8-,12-11-,15-14-,18-17-. The topological polar surface area (TPSA) is 110 Å². The number of unbranched alkanes of at least 4 members (excludes halogenated alkanes) is 1. The average molecular weight is 516 g/mol. The van der Waals surface area contributed by atoms with Gasteiger partial charge in [-0.05, 0) is 57.3 Å². The predicted molar refractivity (Wildman–Crippen MR) is 148 cm³/mol. The van der Waals surface area contributed by atoms with Crippen LogP contribution in [0.5, 0.6) is 0 Å². The molecule has 0 bridgehead atoms. The number of carboxylic acid groups (broad SMARTS) is 1. The van der Waals surface area contributed by atoms with Crippen molar-refractivity contribution in [2.24, 2.45) is 5.92 Å². The van der Waals surface area contributed by atoms with Crippen LogP contribution in [0.2, 0.25) is 0 Å². The molecule has 7 heteroatoms. The van der Waals surface area contributed by atoms with Crippen molar-refractivity contribution < 1.29 is 29.0 Å². The fraction of sp³-hybridized carbons (Fsp3) is 0.533. The SMILES string of the molecule is CC/C=C\C/C=C\C/C=C\C/C=C\C/C=C\CCCC(=O)OC(=O)CCC(=O)NC(CC(C)C)C(=O)O. The van der Waals surface area contributed by atoms with Crippen LogP contribution < -0.4 is 5.32 Å². The van der Waals surface area contributed by atoms with E-state index in [4.69, 9.17) is 9.84 Å². The number of nitrogens with one attached hydrogen (secondary N) is 1. The quantitative estimate of drug-likeness (QED) is 0.0843. The second-order valence-electron chi connectivity index (χ2n) is 9.03. The second-order valence-corrected chi connectivity index (χ2v) is 9.03. The Morgan fingerprint density at radius 1 is 0.730 bits per heavy atom. The minimum absolute atomic E-state index is 0.0959. The monoisotopic (exact) mass is 515 g/mol. The molecule has 1 amide bonds. The highest BCUT2D eigenvalue weighted by Crippen LogP contribution is 2.06. The van der Waals surface area contributed by atoms with Gasteiger partial charge in [-0.2, -0.15) is 0 Å². The summed E-state index contributed by atoms with van der Waals surface area (Å²) in [6, 6.07) is -0.999. The minimum atomic E-state index is -1.12. The molecule has 0 aliphatic rings. The zero-order chi connectivity index (χ0) is 27.7. The van der Waals surface area contributed by atoms with Crippen LogP contribution >= 0.6 is 0 Å². The number of carboxylic acids is 1. The highest BCUT2D eigenvalue weighted by atomic mass is 16.6. The van der Waals surface area contributed by atoms with Crippen LogP contribution in [0.1, 0.15) is 91.4 Å². The number of aliphatic carboxylic acids is 1. The summed E-state index contributed by atoms with van der Waals surface area (Å²) in [6.45, 7) is 5.84. The van der Waals surface area contributed by atoms with E-state index in [0.29, 0.717) is 19.3 Å². The van der Waals surface area contributed by atoms with E-state index in [1.807, 2.05) is 26.0 Å². The summed E-state index contributed by atoms with van der Waals surface area (Å²) >= 11 is 0. The maximum Gasteiger partial charge on any atom is 0.326 e. The number of rotatable bonds is 20. The Kier molecular flexibility index (Phi) is 21.2. The zero-order valence-electron chi connectivity index (χ0n) is 22.7. The van der Waals surface area contributed by atoms with Crippen molar-refractivity contribution in [3.63, 3.8) is 0 Å². The Morgan fingerprint density at radius 3 is 1.70 bits per heavy atom. The van der Waals surface area contributed by atoms with Gasteiger partial charge in [0, 0.05) is 12.8 Å². The Labute approximate surface area is 222 Å². The Balaban J connectivity index is 3.88. The van der Waals surface area contributed by atoms with Crippen molar-refractivity contribution in [1.29, 1.82) is 0 Å². The van der Waals surface area contributed by atoms with E-state index in [9.17, 15) is 19.2 Å². The normalized spacial score (nSPS) is 13.0. The van der Waals surface area contributed by atoms with Crippen molar-refractivity contribution in [2.45, 2.75) is 97.4 Å². The molecule has 37 heavy (non-hydrogen) atoms. The number of hydrogen-bond donors (Lipinski definition) is 2. The molecule has 0 saturated heterocycles. The summed E-state index contributed by atoms with van der Waals surface area (Å²) in [6.07, 6.45) is 27.1. The molecule has 0 aromatic carbocycles. The number of carbonyl (C=O) groups is 4. The molecular weight excluding hydrogens is 470 g/mol. The third kappa shape index (κ3) is 23.0. The van der Waals surface area contributed by atoms with Gasteiger partial charge in [0.25, 0.3) is 0 Å². The summed E-state index contributed by atoms with van der Waals surface area (Å²) < 4.78 is 4.72. The molecule has 0 saturated carbocycles. The molecule has 0 aromatic rings. The van der Waals surface area contributed by atoms with Crippen LogP contribution in [-0.4, -0.2) is 35.0 Å². The van der Waals surface area contributed by atoms with E-state index in [1.165, 1.54) is 0 Å². The van der Waals surface area contributed by atoms with Crippen molar-refractivity contribution in [2.75, 3.05) is 0 Å². The van der Waals surface area contributed by atoms with Crippen molar-refractivity contribution >= 4 is 23.8 Å². The van der Waals surface area contributed by atoms with E-state index < -0.39 is 29.9 Å². The lowest BCUT2D eigenvalue weighted by molar-refractivity contribution is -0.160. The van der Waals surface area contributed by atoms with Crippen LogP contribution in [-0.2, 0) is 23.9 Å². The summed E-state index contributed by atoms with van der Waals surface area (Å²) in [5.74, 6) is -2.99. The van der Waals surface area contributed by atoms with E-state index in [1.54, 1.807) is 0 Å². The maximum atomic E-state index is 11.9. The number of esters is 2. The fourth-order valence-electron chi connectivity index (χ4n) is 3.14. The molecule has 1 unspecified atom stereocenters. The van der Waals surface area contributed by atoms with Crippen LogP contribution in [0.25, 0.3) is 0 Å². The summed E-state index contributed by atoms with van der Waals surface area (Å²) in [5, 5.41) is 11.5. The van der Waals surface area contributed by atoms with Gasteiger partial charge < -0.3 is 15.2 Å². The molecule has 7 nitrogen and oxygen atoms in total. The largest absolute Gasteiger partial charge is 0.480 e. The van der Waals surface area contributed by atoms with Crippen molar-refractivity contribution in [1.82, 2.24) is 5.32 Å². The zero-order valence-corrected chi connectivity index (χ0v) is 22.7. The molecule has 2 N–H and O–H groups in total. The summed E-state index contributed by atoms with van der Waals surface area (Å²) in [7, 11) is 0. The first kappa shape index (κ1) is 33.8. The maximum absolute atomic E-state index is 11.9. The number of allylic oxidation sites excluding steroid dienone is 10. The molecular formula is C30H45NO6. The van der Waals surface area contributed by atoms with Crippen LogP contribution in [0.3, 0.4) is 0 Å². The molecule has 0 aliphatic carbocycles. The lowest BCUT2D eigenvalue weighted by atomic mass is 10.0. The highest BCUT2D eigenvalue weighted by molar-refractivity contribution is 5.89. The Morgan fingerprint density at radius 2 is 1.22 bits per heavy atom. The summed E-state index contributed by atoms with van der Waals surface area (Å²) in [5.41, 5.74) is 0. The van der Waals surface area contributed by atoms with E-state index in [2.05, 4.69) is 60.8 Å². The van der Waals surface area contributed by atoms with Gasteiger partial charge in [0.1, 0.15) is 6.04 Å². The van der Waals surface area contributed by atoms with Gasteiger partial charge in [0.2, 0.25) is 5.91 Å².